The van der Waals surface area contributed by atoms with Gasteiger partial charge in [0.05, 0.1) is 30.5 Å². The lowest BCUT2D eigenvalue weighted by atomic mass is 10.2. The fourth-order valence-corrected chi connectivity index (χ4v) is 5.94. The maximum Gasteiger partial charge on any atom is 0.414 e. The van der Waals surface area contributed by atoms with Gasteiger partial charge in [0.25, 0.3) is 0 Å². The van der Waals surface area contributed by atoms with Gasteiger partial charge in [-0.25, -0.2) is 13.2 Å². The number of amides is 1. The third-order valence-electron chi connectivity index (χ3n) is 6.26. The molecular weight excluding hydrogens is 512 g/mol. The molecule has 3 aromatic rings. The number of methoxy groups -OCH3 is 1. The van der Waals surface area contributed by atoms with Gasteiger partial charge in [-0.1, -0.05) is 30.3 Å². The number of sulfonamides is 1. The number of carbonyl (C=O) groups is 1. The second kappa shape index (κ2) is 12.3. The molecular formula is C27H32N2O8S. The number of aliphatic hydroxyl groups excluding tert-OH is 1. The van der Waals surface area contributed by atoms with Crippen molar-refractivity contribution >= 4 is 16.1 Å². The first-order chi connectivity index (χ1) is 18.3. The Morgan fingerprint density at radius 3 is 2.50 bits per heavy atom. The number of benzene rings is 2. The van der Waals surface area contributed by atoms with Crippen molar-refractivity contribution in [3.63, 3.8) is 0 Å². The van der Waals surface area contributed by atoms with E-state index in [1.165, 1.54) is 50.8 Å². The summed E-state index contributed by atoms with van der Waals surface area (Å²) in [6.07, 6.45) is 2.78. The molecule has 2 atom stereocenters. The average molecular weight is 545 g/mol. The van der Waals surface area contributed by atoms with Crippen LogP contribution in [-0.4, -0.2) is 49.4 Å². The van der Waals surface area contributed by atoms with E-state index in [9.17, 15) is 18.3 Å². The van der Waals surface area contributed by atoms with Crippen LogP contribution < -0.4 is 19.5 Å². The molecule has 1 heterocycles. The Morgan fingerprint density at radius 2 is 1.87 bits per heavy atom. The fourth-order valence-electron chi connectivity index (χ4n) is 4.33. The number of nitrogens with one attached hydrogen (secondary N) is 1. The van der Waals surface area contributed by atoms with Gasteiger partial charge in [0.1, 0.15) is 12.4 Å². The Kier molecular flexibility index (Phi) is 8.93. The maximum absolute atomic E-state index is 14.1. The first kappa shape index (κ1) is 27.5. The van der Waals surface area contributed by atoms with Gasteiger partial charge in [-0.2, -0.15) is 4.31 Å². The van der Waals surface area contributed by atoms with E-state index in [1.807, 2.05) is 6.07 Å². The second-order valence-corrected chi connectivity index (χ2v) is 10.9. The molecule has 2 N–H and O–H groups in total. The highest BCUT2D eigenvalue weighted by Crippen LogP contribution is 2.35. The normalized spacial score (nSPS) is 15.7. The molecule has 0 aliphatic heterocycles. The van der Waals surface area contributed by atoms with Crippen LogP contribution in [0.15, 0.2) is 76.4 Å². The summed E-state index contributed by atoms with van der Waals surface area (Å²) < 4.78 is 50.8. The van der Waals surface area contributed by atoms with Crippen LogP contribution in [0.4, 0.5) is 4.79 Å². The molecule has 0 unspecified atom stereocenters. The summed E-state index contributed by atoms with van der Waals surface area (Å²) in [5.41, 5.74) is 0.655. The lowest BCUT2D eigenvalue weighted by molar-refractivity contribution is 0.0798. The van der Waals surface area contributed by atoms with Crippen molar-refractivity contribution < 1.29 is 36.9 Å². The van der Waals surface area contributed by atoms with Crippen LogP contribution >= 0.6 is 0 Å². The molecule has 1 saturated carbocycles. The van der Waals surface area contributed by atoms with Gasteiger partial charge in [0.2, 0.25) is 10.0 Å². The SMILES string of the molecule is COc1ccc(S(=O)(=O)N(Cc2ccccc2)[C@H](NC(=O)Oc2ccoc2)[C@@H](C)O)cc1OC1CCCC1. The van der Waals surface area contributed by atoms with Crippen LogP contribution in [0.2, 0.25) is 0 Å². The quantitative estimate of drug-likeness (QED) is 0.342. The number of hydrogen-bond acceptors (Lipinski definition) is 8. The minimum atomic E-state index is -4.28. The second-order valence-electron chi connectivity index (χ2n) is 9.05. The zero-order chi connectivity index (χ0) is 27.1. The molecule has 1 aromatic heterocycles. The molecule has 0 spiro atoms. The molecule has 38 heavy (non-hydrogen) atoms. The number of nitrogens with zero attached hydrogens (tertiary/aromatic N) is 1. The molecule has 1 aliphatic carbocycles. The molecule has 10 nitrogen and oxygen atoms in total. The minimum absolute atomic E-state index is 0.0214. The Bertz CT molecular complexity index is 1290. The molecule has 0 bridgehead atoms. The number of hydrogen-bond donors (Lipinski definition) is 2. The van der Waals surface area contributed by atoms with Crippen molar-refractivity contribution in [3.05, 3.63) is 72.7 Å². The topological polar surface area (TPSA) is 128 Å². The predicted octanol–water partition coefficient (Wildman–Crippen LogP) is 4.30. The molecule has 204 valence electrons. The molecule has 11 heteroatoms. The van der Waals surface area contributed by atoms with Crippen molar-refractivity contribution in [2.24, 2.45) is 0 Å². The van der Waals surface area contributed by atoms with Crippen molar-refractivity contribution in [1.29, 1.82) is 0 Å². The van der Waals surface area contributed by atoms with Crippen LogP contribution in [0.3, 0.4) is 0 Å². The lowest BCUT2D eigenvalue weighted by Crippen LogP contribution is -2.56. The van der Waals surface area contributed by atoms with E-state index in [-0.39, 0.29) is 23.3 Å². The Morgan fingerprint density at radius 1 is 1.13 bits per heavy atom. The summed E-state index contributed by atoms with van der Waals surface area (Å²) >= 11 is 0. The van der Waals surface area contributed by atoms with E-state index < -0.39 is 28.4 Å². The first-order valence-corrected chi connectivity index (χ1v) is 13.8. The summed E-state index contributed by atoms with van der Waals surface area (Å²) in [5, 5.41) is 13.1. The summed E-state index contributed by atoms with van der Waals surface area (Å²) in [7, 11) is -2.79. The molecule has 4 rings (SSSR count). The van der Waals surface area contributed by atoms with Gasteiger partial charge in [0.15, 0.2) is 17.2 Å². The fraction of sp³-hybridized carbons (Fsp3) is 0.370. The van der Waals surface area contributed by atoms with E-state index in [2.05, 4.69) is 5.32 Å². The largest absolute Gasteiger partial charge is 0.493 e. The van der Waals surface area contributed by atoms with Crippen LogP contribution in [0.1, 0.15) is 38.2 Å². The molecule has 1 fully saturated rings. The van der Waals surface area contributed by atoms with Crippen LogP contribution in [0, 0.1) is 0 Å². The number of carbonyl (C=O) groups excluding carboxylic acids is 1. The van der Waals surface area contributed by atoms with Gasteiger partial charge in [-0.15, -0.1) is 0 Å². The van der Waals surface area contributed by atoms with Crippen molar-refractivity contribution in [1.82, 2.24) is 9.62 Å². The zero-order valence-corrected chi connectivity index (χ0v) is 22.1. The van der Waals surface area contributed by atoms with E-state index in [0.29, 0.717) is 17.1 Å². The monoisotopic (exact) mass is 544 g/mol. The minimum Gasteiger partial charge on any atom is -0.493 e. The van der Waals surface area contributed by atoms with Gasteiger partial charge in [-0.05, 0) is 50.3 Å². The molecule has 0 saturated heterocycles. The van der Waals surface area contributed by atoms with Crippen molar-refractivity contribution in [2.45, 2.75) is 62.4 Å². The van der Waals surface area contributed by atoms with Gasteiger partial charge in [-0.3, -0.25) is 0 Å². The summed E-state index contributed by atoms with van der Waals surface area (Å²) in [5.74, 6) is 0.869. The number of furan rings is 1. The molecule has 2 aromatic carbocycles. The Labute approximate surface area is 222 Å². The average Bonchev–Trinajstić information content (AvgIpc) is 3.61. The van der Waals surface area contributed by atoms with Crippen LogP contribution in [-0.2, 0) is 16.6 Å². The predicted molar refractivity (Wildman–Crippen MR) is 138 cm³/mol. The third kappa shape index (κ3) is 6.66. The standard InChI is InChI=1S/C27H32N2O8S/c1-19(30)26(28-27(31)37-22-14-15-35-18-22)29(17-20-8-4-3-5-9-20)38(32,33)23-12-13-24(34-2)25(16-23)36-21-10-6-7-11-21/h3-5,8-9,12-16,18-19,21,26,30H,6-7,10-11,17H2,1-2H3,(H,28,31)/t19-,26+/m1/s1. The molecule has 1 amide bonds. The van der Waals surface area contributed by atoms with E-state index in [1.54, 1.807) is 24.3 Å². The molecule has 0 radical (unpaired) electrons. The van der Waals surface area contributed by atoms with E-state index in [0.717, 1.165) is 30.0 Å². The Balaban J connectivity index is 1.69. The number of ether oxygens (including phenoxy) is 3. The summed E-state index contributed by atoms with van der Waals surface area (Å²) in [4.78, 5) is 12.6. The molecule has 1 aliphatic rings. The maximum atomic E-state index is 14.1. The van der Waals surface area contributed by atoms with Crippen molar-refractivity contribution in [2.75, 3.05) is 7.11 Å². The highest BCUT2D eigenvalue weighted by Gasteiger charge is 2.36. The summed E-state index contributed by atoms with van der Waals surface area (Å²) in [6.45, 7) is 1.26. The van der Waals surface area contributed by atoms with E-state index in [4.69, 9.17) is 18.6 Å². The third-order valence-corrected chi connectivity index (χ3v) is 8.08. The van der Waals surface area contributed by atoms with Gasteiger partial charge >= 0.3 is 6.09 Å². The highest BCUT2D eigenvalue weighted by atomic mass is 32.2. The first-order valence-electron chi connectivity index (χ1n) is 12.4. The highest BCUT2D eigenvalue weighted by molar-refractivity contribution is 7.89. The van der Waals surface area contributed by atoms with E-state index >= 15 is 0 Å². The van der Waals surface area contributed by atoms with Crippen molar-refractivity contribution in [3.8, 4) is 17.2 Å². The Hall–Kier alpha value is -3.54. The zero-order valence-electron chi connectivity index (χ0n) is 21.3. The summed E-state index contributed by atoms with van der Waals surface area (Å²) in [6, 6.07) is 14.7. The van der Waals surface area contributed by atoms with Crippen LogP contribution in [0.5, 0.6) is 17.2 Å². The van der Waals surface area contributed by atoms with Gasteiger partial charge in [0, 0.05) is 18.7 Å². The van der Waals surface area contributed by atoms with Gasteiger partial charge < -0.3 is 29.1 Å². The van der Waals surface area contributed by atoms with Crippen LogP contribution in [0.25, 0.3) is 0 Å². The lowest BCUT2D eigenvalue weighted by Gasteiger charge is -2.33. The number of rotatable bonds is 11. The smallest absolute Gasteiger partial charge is 0.414 e. The number of aliphatic hydroxyl groups is 1.